The van der Waals surface area contributed by atoms with Crippen LogP contribution in [0.2, 0.25) is 0 Å². The van der Waals surface area contributed by atoms with Crippen molar-refractivity contribution in [1.82, 2.24) is 10.4 Å². The van der Waals surface area contributed by atoms with E-state index in [2.05, 4.69) is 15.5 Å². The van der Waals surface area contributed by atoms with E-state index in [0.717, 1.165) is 28.6 Å². The van der Waals surface area contributed by atoms with E-state index in [1.165, 1.54) is 0 Å². The Bertz CT molecular complexity index is 857. The van der Waals surface area contributed by atoms with Crippen molar-refractivity contribution in [2.45, 2.75) is 13.3 Å². The van der Waals surface area contributed by atoms with Gasteiger partial charge in [-0.1, -0.05) is 55.5 Å². The smallest absolute Gasteiger partial charge is 0.267 e. The van der Waals surface area contributed by atoms with Crippen molar-refractivity contribution in [3.05, 3.63) is 77.5 Å². The van der Waals surface area contributed by atoms with Crippen molar-refractivity contribution in [1.29, 1.82) is 0 Å². The number of para-hydroxylation sites is 1. The molecule has 1 heterocycles. The third-order valence-corrected chi connectivity index (χ3v) is 3.56. The Morgan fingerprint density at radius 3 is 2.65 bits per heavy atom. The fourth-order valence-corrected chi connectivity index (χ4v) is 2.36. The van der Waals surface area contributed by atoms with Crippen LogP contribution < -0.4 is 5.43 Å². The number of nitrogens with one attached hydrogen (secondary N) is 1. The number of hydrazone groups is 1. The number of amides is 1. The highest BCUT2D eigenvalue weighted by Gasteiger charge is 2.11. The summed E-state index contributed by atoms with van der Waals surface area (Å²) in [6, 6.07) is 19.1. The van der Waals surface area contributed by atoms with Crippen molar-refractivity contribution in [2.24, 2.45) is 5.10 Å². The monoisotopic (exact) mass is 303 g/mol. The fraction of sp³-hybridized carbons (Fsp3) is 0.105. The van der Waals surface area contributed by atoms with Gasteiger partial charge in [-0.2, -0.15) is 5.10 Å². The van der Waals surface area contributed by atoms with Crippen LogP contribution in [0.15, 0.2) is 65.8 Å². The van der Waals surface area contributed by atoms with Crippen molar-refractivity contribution in [2.75, 3.05) is 0 Å². The van der Waals surface area contributed by atoms with Crippen molar-refractivity contribution < 1.29 is 4.79 Å². The molecular formula is C19H17N3O. The van der Waals surface area contributed by atoms with Gasteiger partial charge in [0.15, 0.2) is 0 Å². The molecule has 3 aromatic rings. The first-order valence-corrected chi connectivity index (χ1v) is 7.55. The van der Waals surface area contributed by atoms with E-state index in [1.807, 2.05) is 67.6 Å². The van der Waals surface area contributed by atoms with Crippen molar-refractivity contribution >= 4 is 23.0 Å². The molecule has 0 saturated heterocycles. The Kier molecular flexibility index (Phi) is 4.43. The third-order valence-electron chi connectivity index (χ3n) is 3.56. The standard InChI is InChI=1S/C19H17N3O/c1-2-15-12-17(16-10-6-7-11-18(16)21-15)19(23)22-20-13-14-8-4-3-5-9-14/h3-13H,2H2,1H3,(H,22,23). The summed E-state index contributed by atoms with van der Waals surface area (Å²) in [6.07, 6.45) is 2.40. The van der Waals surface area contributed by atoms with Gasteiger partial charge in [0.05, 0.1) is 17.3 Å². The molecular weight excluding hydrogens is 286 g/mol. The maximum Gasteiger partial charge on any atom is 0.272 e. The van der Waals surface area contributed by atoms with Gasteiger partial charge in [-0.3, -0.25) is 9.78 Å². The number of aryl methyl sites for hydroxylation is 1. The molecule has 2 aromatic carbocycles. The minimum absolute atomic E-state index is 0.231. The summed E-state index contributed by atoms with van der Waals surface area (Å²) in [4.78, 5) is 17.0. The van der Waals surface area contributed by atoms with E-state index < -0.39 is 0 Å². The van der Waals surface area contributed by atoms with Crippen LogP contribution in [0.3, 0.4) is 0 Å². The molecule has 23 heavy (non-hydrogen) atoms. The number of hydrogen-bond donors (Lipinski definition) is 1. The molecule has 0 saturated carbocycles. The molecule has 4 heteroatoms. The number of carbonyl (C=O) groups excluding carboxylic acids is 1. The lowest BCUT2D eigenvalue weighted by atomic mass is 10.1. The highest BCUT2D eigenvalue weighted by Crippen LogP contribution is 2.18. The highest BCUT2D eigenvalue weighted by atomic mass is 16.2. The number of aromatic nitrogens is 1. The number of hydrogen-bond acceptors (Lipinski definition) is 3. The van der Waals surface area contributed by atoms with Gasteiger partial charge in [-0.15, -0.1) is 0 Å². The number of benzene rings is 2. The van der Waals surface area contributed by atoms with Crippen molar-refractivity contribution in [3.63, 3.8) is 0 Å². The lowest BCUT2D eigenvalue weighted by Crippen LogP contribution is -2.18. The van der Waals surface area contributed by atoms with Crippen LogP contribution in [0.4, 0.5) is 0 Å². The molecule has 0 aliphatic carbocycles. The summed E-state index contributed by atoms with van der Waals surface area (Å²) < 4.78 is 0. The first-order chi connectivity index (χ1) is 11.3. The number of nitrogens with zero attached hydrogens (tertiary/aromatic N) is 2. The maximum absolute atomic E-state index is 12.5. The first-order valence-electron chi connectivity index (χ1n) is 7.55. The fourth-order valence-electron chi connectivity index (χ4n) is 2.36. The zero-order valence-corrected chi connectivity index (χ0v) is 12.9. The van der Waals surface area contributed by atoms with Gasteiger partial charge in [0.25, 0.3) is 5.91 Å². The zero-order valence-electron chi connectivity index (χ0n) is 12.9. The SMILES string of the molecule is CCc1cc(C(=O)NN=Cc2ccccc2)c2ccccc2n1. The van der Waals surface area contributed by atoms with E-state index >= 15 is 0 Å². The highest BCUT2D eigenvalue weighted by molar-refractivity contribution is 6.06. The molecule has 0 aliphatic heterocycles. The number of carbonyl (C=O) groups is 1. The first kappa shape index (κ1) is 14.9. The van der Waals surface area contributed by atoms with E-state index in [1.54, 1.807) is 6.21 Å². The van der Waals surface area contributed by atoms with Gasteiger partial charge >= 0.3 is 0 Å². The second-order valence-electron chi connectivity index (χ2n) is 5.14. The van der Waals surface area contributed by atoms with Gasteiger partial charge in [0.1, 0.15) is 0 Å². The molecule has 0 atom stereocenters. The van der Waals surface area contributed by atoms with Gasteiger partial charge in [-0.05, 0) is 24.1 Å². The minimum atomic E-state index is -0.231. The summed E-state index contributed by atoms with van der Waals surface area (Å²) >= 11 is 0. The largest absolute Gasteiger partial charge is 0.272 e. The molecule has 1 amide bonds. The van der Waals surface area contributed by atoms with Gasteiger partial charge < -0.3 is 0 Å². The molecule has 1 aromatic heterocycles. The number of pyridine rings is 1. The molecule has 0 aliphatic rings. The molecule has 3 rings (SSSR count). The van der Waals surface area contributed by atoms with Gasteiger partial charge in [-0.25, -0.2) is 5.43 Å². The Balaban J connectivity index is 1.87. The van der Waals surface area contributed by atoms with Crippen LogP contribution >= 0.6 is 0 Å². The quantitative estimate of drug-likeness (QED) is 0.592. The summed E-state index contributed by atoms with van der Waals surface area (Å²) in [5.74, 6) is -0.231. The van der Waals surface area contributed by atoms with Crippen LogP contribution in [0.25, 0.3) is 10.9 Å². The van der Waals surface area contributed by atoms with Crippen LogP contribution in [0.5, 0.6) is 0 Å². The molecule has 4 nitrogen and oxygen atoms in total. The second-order valence-corrected chi connectivity index (χ2v) is 5.14. The Morgan fingerprint density at radius 2 is 1.87 bits per heavy atom. The lowest BCUT2D eigenvalue weighted by molar-refractivity contribution is 0.0956. The molecule has 0 radical (unpaired) electrons. The van der Waals surface area contributed by atoms with E-state index in [9.17, 15) is 4.79 Å². The maximum atomic E-state index is 12.5. The van der Waals surface area contributed by atoms with Crippen LogP contribution in [-0.4, -0.2) is 17.1 Å². The average molecular weight is 303 g/mol. The molecule has 0 spiro atoms. The van der Waals surface area contributed by atoms with Crippen molar-refractivity contribution in [3.8, 4) is 0 Å². The average Bonchev–Trinajstić information content (AvgIpc) is 2.61. The summed E-state index contributed by atoms with van der Waals surface area (Å²) in [5, 5.41) is 4.87. The van der Waals surface area contributed by atoms with Crippen LogP contribution in [-0.2, 0) is 6.42 Å². The Morgan fingerprint density at radius 1 is 1.13 bits per heavy atom. The Hall–Kier alpha value is -3.01. The second kappa shape index (κ2) is 6.83. The summed E-state index contributed by atoms with van der Waals surface area (Å²) in [7, 11) is 0. The predicted molar refractivity (Wildman–Crippen MR) is 92.6 cm³/mol. The molecule has 0 fully saturated rings. The summed E-state index contributed by atoms with van der Waals surface area (Å²) in [6.45, 7) is 2.02. The normalized spacial score (nSPS) is 11.0. The van der Waals surface area contributed by atoms with Crippen LogP contribution in [0, 0.1) is 0 Å². The van der Waals surface area contributed by atoms with Gasteiger partial charge in [0.2, 0.25) is 0 Å². The van der Waals surface area contributed by atoms with Gasteiger partial charge in [0, 0.05) is 11.1 Å². The minimum Gasteiger partial charge on any atom is -0.267 e. The van der Waals surface area contributed by atoms with E-state index in [4.69, 9.17) is 0 Å². The lowest BCUT2D eigenvalue weighted by Gasteiger charge is -2.07. The molecule has 0 bridgehead atoms. The number of rotatable bonds is 4. The van der Waals surface area contributed by atoms with E-state index in [0.29, 0.717) is 5.56 Å². The number of fused-ring (bicyclic) bond motifs is 1. The van der Waals surface area contributed by atoms with Crippen LogP contribution in [0.1, 0.15) is 28.5 Å². The predicted octanol–water partition coefficient (Wildman–Crippen LogP) is 3.56. The van der Waals surface area contributed by atoms with E-state index in [-0.39, 0.29) is 5.91 Å². The third kappa shape index (κ3) is 3.43. The Labute approximate surface area is 134 Å². The molecule has 1 N–H and O–H groups in total. The topological polar surface area (TPSA) is 54.4 Å². The molecule has 0 unspecified atom stereocenters. The molecule has 114 valence electrons. The summed E-state index contributed by atoms with van der Waals surface area (Å²) in [5.41, 5.74) is 5.83. The zero-order chi connectivity index (χ0) is 16.1.